The van der Waals surface area contributed by atoms with Crippen molar-refractivity contribution in [1.82, 2.24) is 5.32 Å². The van der Waals surface area contributed by atoms with Gasteiger partial charge in [-0.25, -0.2) is 4.79 Å². The van der Waals surface area contributed by atoms with Gasteiger partial charge in [0, 0.05) is 0 Å². The summed E-state index contributed by atoms with van der Waals surface area (Å²) in [5, 5.41) is 11.9. The topological polar surface area (TPSA) is 69.6 Å². The normalized spacial score (nSPS) is 20.1. The fourth-order valence-electron chi connectivity index (χ4n) is 1.71. The summed E-state index contributed by atoms with van der Waals surface area (Å²) in [5.41, 5.74) is 1.27. The van der Waals surface area contributed by atoms with Crippen LogP contribution in [0.1, 0.15) is 12.5 Å². The molecule has 2 N–H and O–H groups in total. The van der Waals surface area contributed by atoms with Gasteiger partial charge in [-0.1, -0.05) is 6.07 Å². The molecule has 1 heterocycles. The molecular weight excluding hydrogens is 208 g/mol. The van der Waals surface area contributed by atoms with Crippen LogP contribution in [0, 0.1) is 6.92 Å². The maximum absolute atomic E-state index is 11.5. The number of aromatic hydroxyl groups is 1. The number of carbonyl (C=O) groups excluding carboxylic acids is 2. The van der Waals surface area contributed by atoms with Crippen LogP contribution in [0.25, 0.3) is 0 Å². The molecule has 0 bridgehead atoms. The van der Waals surface area contributed by atoms with Crippen LogP contribution in [-0.2, 0) is 4.79 Å². The molecule has 2 rings (SSSR count). The minimum Gasteiger partial charge on any atom is -0.506 e. The van der Waals surface area contributed by atoms with Crippen molar-refractivity contribution in [2.24, 2.45) is 0 Å². The van der Waals surface area contributed by atoms with Crippen LogP contribution in [-0.4, -0.2) is 23.1 Å². The second-order valence-electron chi connectivity index (χ2n) is 3.83. The third-order valence-electron chi connectivity index (χ3n) is 2.61. The Morgan fingerprint density at radius 3 is 2.62 bits per heavy atom. The first kappa shape index (κ1) is 10.5. The Bertz CT molecular complexity index is 470. The Morgan fingerprint density at radius 1 is 1.38 bits per heavy atom. The first-order valence-electron chi connectivity index (χ1n) is 4.94. The zero-order valence-corrected chi connectivity index (χ0v) is 9.02. The highest BCUT2D eigenvalue weighted by molar-refractivity contribution is 6.14. The van der Waals surface area contributed by atoms with Crippen LogP contribution >= 0.6 is 0 Å². The Labute approximate surface area is 92.7 Å². The lowest BCUT2D eigenvalue weighted by Gasteiger charge is -2.19. The van der Waals surface area contributed by atoms with E-state index in [-0.39, 0.29) is 11.7 Å². The molecule has 1 aliphatic heterocycles. The average Bonchev–Trinajstić information content (AvgIpc) is 2.46. The molecule has 3 amide bonds. The van der Waals surface area contributed by atoms with E-state index in [2.05, 4.69) is 5.32 Å². The molecule has 1 fully saturated rings. The van der Waals surface area contributed by atoms with Crippen LogP contribution in [0.15, 0.2) is 18.2 Å². The molecule has 1 aliphatic rings. The van der Waals surface area contributed by atoms with Gasteiger partial charge in [-0.3, -0.25) is 15.0 Å². The number of phenols is 1. The van der Waals surface area contributed by atoms with Crippen molar-refractivity contribution < 1.29 is 14.7 Å². The van der Waals surface area contributed by atoms with E-state index in [9.17, 15) is 14.7 Å². The maximum Gasteiger partial charge on any atom is 0.329 e. The number of nitrogens with one attached hydrogen (secondary N) is 1. The van der Waals surface area contributed by atoms with Crippen molar-refractivity contribution >= 4 is 17.6 Å². The van der Waals surface area contributed by atoms with E-state index in [0.29, 0.717) is 5.69 Å². The summed E-state index contributed by atoms with van der Waals surface area (Å²) >= 11 is 0. The van der Waals surface area contributed by atoms with Gasteiger partial charge in [0.05, 0.1) is 5.69 Å². The summed E-state index contributed by atoms with van der Waals surface area (Å²) in [6.07, 6.45) is 0. The summed E-state index contributed by atoms with van der Waals surface area (Å²) in [6, 6.07) is 3.81. The van der Waals surface area contributed by atoms with Gasteiger partial charge in [0.15, 0.2) is 0 Å². The molecule has 1 aromatic carbocycles. The lowest BCUT2D eigenvalue weighted by Crippen LogP contribution is -2.32. The number of imide groups is 1. The number of rotatable bonds is 1. The van der Waals surface area contributed by atoms with E-state index in [1.165, 1.54) is 11.0 Å². The molecule has 1 aromatic rings. The summed E-state index contributed by atoms with van der Waals surface area (Å²) in [6.45, 7) is 3.46. The van der Waals surface area contributed by atoms with Crippen molar-refractivity contribution in [3.63, 3.8) is 0 Å². The van der Waals surface area contributed by atoms with Gasteiger partial charge >= 0.3 is 6.03 Å². The van der Waals surface area contributed by atoms with Gasteiger partial charge in [-0.15, -0.1) is 0 Å². The molecule has 1 unspecified atom stereocenters. The second-order valence-corrected chi connectivity index (χ2v) is 3.83. The molecule has 0 radical (unpaired) electrons. The smallest absolute Gasteiger partial charge is 0.329 e. The predicted molar refractivity (Wildman–Crippen MR) is 58.3 cm³/mol. The van der Waals surface area contributed by atoms with Gasteiger partial charge in [0.2, 0.25) is 0 Å². The number of carbonyl (C=O) groups is 2. The van der Waals surface area contributed by atoms with Gasteiger partial charge in [0.1, 0.15) is 11.8 Å². The van der Waals surface area contributed by atoms with E-state index in [4.69, 9.17) is 0 Å². The number of aryl methyl sites for hydroxylation is 1. The number of phenolic OH excluding ortho intramolecular Hbond substituents is 1. The lowest BCUT2D eigenvalue weighted by atomic mass is 10.1. The number of urea groups is 1. The first-order valence-corrected chi connectivity index (χ1v) is 4.94. The molecule has 0 aromatic heterocycles. The highest BCUT2D eigenvalue weighted by atomic mass is 16.3. The van der Waals surface area contributed by atoms with E-state index in [1.807, 2.05) is 6.92 Å². The number of anilines is 1. The van der Waals surface area contributed by atoms with Gasteiger partial charge in [-0.2, -0.15) is 0 Å². The van der Waals surface area contributed by atoms with Gasteiger partial charge in [0.25, 0.3) is 5.91 Å². The Balaban J connectivity index is 2.48. The Hall–Kier alpha value is -2.04. The quantitative estimate of drug-likeness (QED) is 0.697. The van der Waals surface area contributed by atoms with E-state index in [0.717, 1.165) is 5.56 Å². The Kier molecular flexibility index (Phi) is 2.30. The third-order valence-corrected chi connectivity index (χ3v) is 2.61. The highest BCUT2D eigenvalue weighted by Crippen LogP contribution is 2.31. The van der Waals surface area contributed by atoms with Crippen molar-refractivity contribution in [2.45, 2.75) is 19.9 Å². The first-order chi connectivity index (χ1) is 7.50. The van der Waals surface area contributed by atoms with Crippen molar-refractivity contribution in [3.8, 4) is 5.75 Å². The SMILES string of the molecule is Cc1ccc(O)c(N2C(=O)NC(=O)C2C)c1. The largest absolute Gasteiger partial charge is 0.506 e. The standard InChI is InChI=1S/C11H12N2O3/c1-6-3-4-9(14)8(5-6)13-7(2)10(15)12-11(13)16/h3-5,7,14H,1-2H3,(H,12,15,16). The number of benzene rings is 1. The number of nitrogens with zero attached hydrogens (tertiary/aromatic N) is 1. The van der Waals surface area contributed by atoms with Crippen molar-refractivity contribution in [1.29, 1.82) is 0 Å². The van der Waals surface area contributed by atoms with Gasteiger partial charge in [-0.05, 0) is 31.5 Å². The molecule has 5 nitrogen and oxygen atoms in total. The minimum atomic E-state index is -0.597. The Morgan fingerprint density at radius 2 is 2.06 bits per heavy atom. The van der Waals surface area contributed by atoms with Crippen LogP contribution in [0.3, 0.4) is 0 Å². The fraction of sp³-hybridized carbons (Fsp3) is 0.273. The zero-order valence-electron chi connectivity index (χ0n) is 9.02. The molecule has 0 saturated carbocycles. The predicted octanol–water partition coefficient (Wildman–Crippen LogP) is 1.15. The number of hydrogen-bond donors (Lipinski definition) is 2. The molecule has 0 spiro atoms. The molecular formula is C11H12N2O3. The summed E-state index contributed by atoms with van der Waals surface area (Å²) in [4.78, 5) is 24.1. The van der Waals surface area contributed by atoms with Crippen LogP contribution in [0.4, 0.5) is 10.5 Å². The summed E-state index contributed by atoms with van der Waals surface area (Å²) in [5.74, 6) is -0.367. The molecule has 16 heavy (non-hydrogen) atoms. The maximum atomic E-state index is 11.5. The summed E-state index contributed by atoms with van der Waals surface area (Å²) in [7, 11) is 0. The average molecular weight is 220 g/mol. The molecule has 5 heteroatoms. The van der Waals surface area contributed by atoms with Crippen LogP contribution < -0.4 is 10.2 Å². The van der Waals surface area contributed by atoms with E-state index in [1.54, 1.807) is 19.1 Å². The zero-order chi connectivity index (χ0) is 11.9. The third kappa shape index (κ3) is 1.50. The van der Waals surface area contributed by atoms with Crippen molar-refractivity contribution in [2.75, 3.05) is 4.90 Å². The van der Waals surface area contributed by atoms with Gasteiger partial charge < -0.3 is 5.11 Å². The van der Waals surface area contributed by atoms with E-state index >= 15 is 0 Å². The molecule has 1 atom stereocenters. The summed E-state index contributed by atoms with van der Waals surface area (Å²) < 4.78 is 0. The van der Waals surface area contributed by atoms with Crippen LogP contribution in [0.5, 0.6) is 5.75 Å². The van der Waals surface area contributed by atoms with E-state index < -0.39 is 12.1 Å². The minimum absolute atomic E-state index is 0.0118. The van der Waals surface area contributed by atoms with Crippen molar-refractivity contribution in [3.05, 3.63) is 23.8 Å². The lowest BCUT2D eigenvalue weighted by molar-refractivity contribution is -0.119. The molecule has 84 valence electrons. The monoisotopic (exact) mass is 220 g/mol. The number of amides is 3. The molecule has 1 saturated heterocycles. The number of hydrogen-bond acceptors (Lipinski definition) is 3. The van der Waals surface area contributed by atoms with Crippen LogP contribution in [0.2, 0.25) is 0 Å². The molecule has 0 aliphatic carbocycles. The fourth-order valence-corrected chi connectivity index (χ4v) is 1.71. The highest BCUT2D eigenvalue weighted by Gasteiger charge is 2.37. The second kappa shape index (κ2) is 3.52.